The van der Waals surface area contributed by atoms with Crippen LogP contribution in [-0.4, -0.2) is 5.92 Å². The van der Waals surface area contributed by atoms with Gasteiger partial charge in [-0.2, -0.15) is 0 Å². The summed E-state index contributed by atoms with van der Waals surface area (Å²) in [5.74, 6) is -0.324. The summed E-state index contributed by atoms with van der Waals surface area (Å²) in [5, 5.41) is 1.42. The van der Waals surface area contributed by atoms with E-state index >= 15 is 0 Å². The molecule has 4 aromatic rings. The van der Waals surface area contributed by atoms with Crippen molar-refractivity contribution in [3.05, 3.63) is 116 Å². The molecule has 192 valence electrons. The van der Waals surface area contributed by atoms with Crippen molar-refractivity contribution in [2.24, 2.45) is 0 Å². The third-order valence-electron chi connectivity index (χ3n) is 7.56. The van der Waals surface area contributed by atoms with Gasteiger partial charge in [-0.1, -0.05) is 0 Å². The minimum Gasteiger partial charge on any atom is -1.00 e. The summed E-state index contributed by atoms with van der Waals surface area (Å²) in [4.78, 5) is 0. The Labute approximate surface area is 260 Å². The molecule has 4 aromatic carbocycles. The molecule has 2 aliphatic carbocycles. The molecule has 0 aromatic heterocycles. The van der Waals surface area contributed by atoms with Crippen molar-refractivity contribution in [3.63, 3.8) is 0 Å². The summed E-state index contributed by atoms with van der Waals surface area (Å²) in [6.45, 7) is 7.38. The summed E-state index contributed by atoms with van der Waals surface area (Å²) in [7, 11) is 0. The van der Waals surface area contributed by atoms with E-state index in [0.29, 0.717) is 16.0 Å². The van der Waals surface area contributed by atoms with Crippen molar-refractivity contribution >= 4 is 38.5 Å². The Morgan fingerprint density at radius 1 is 0.816 bits per heavy atom. The molecule has 1 atom stereocenters. The Balaban J connectivity index is 0.00000168. The molecule has 0 bridgehead atoms. The Hall–Kier alpha value is -1.12. The van der Waals surface area contributed by atoms with Gasteiger partial charge in [0.2, 0.25) is 0 Å². The Morgan fingerprint density at radius 2 is 1.50 bits per heavy atom. The van der Waals surface area contributed by atoms with Gasteiger partial charge in [-0.25, -0.2) is 0 Å². The predicted molar refractivity (Wildman–Crippen MR) is 155 cm³/mol. The minimum absolute atomic E-state index is 0. The zero-order chi connectivity index (χ0) is 25.0. The molecule has 0 aliphatic heterocycles. The van der Waals surface area contributed by atoms with Gasteiger partial charge in [0.05, 0.1) is 0 Å². The van der Waals surface area contributed by atoms with Gasteiger partial charge < -0.3 is 24.8 Å². The number of fused-ring (bicyclic) bond motifs is 4. The number of halogens is 4. The molecule has 38 heavy (non-hydrogen) atoms. The number of allylic oxidation sites excluding steroid dienone is 1. The van der Waals surface area contributed by atoms with E-state index < -0.39 is 28.3 Å². The molecule has 0 saturated heterocycles. The Bertz CT molecular complexity index is 1520. The van der Waals surface area contributed by atoms with Gasteiger partial charge in [0.1, 0.15) is 0 Å². The quantitative estimate of drug-likeness (QED) is 0.252. The molecule has 0 spiro atoms. The van der Waals surface area contributed by atoms with Crippen LogP contribution in [-0.2, 0) is 28.8 Å². The summed E-state index contributed by atoms with van der Waals surface area (Å²) in [6.07, 6.45) is 4.53. The van der Waals surface area contributed by atoms with Crippen molar-refractivity contribution in [1.29, 1.82) is 0 Å². The maximum absolute atomic E-state index is 6.71. The second kappa shape index (κ2) is 12.2. The fourth-order valence-electron chi connectivity index (χ4n) is 6.09. The molecule has 6 rings (SSSR count). The summed E-state index contributed by atoms with van der Waals surface area (Å²) >= 11 is 12.8. The smallest absolute Gasteiger partial charge is 1.00 e. The maximum Gasteiger partial charge on any atom is -1.00 e. The first-order valence-electron chi connectivity index (χ1n) is 12.8. The van der Waals surface area contributed by atoms with E-state index in [1.807, 2.05) is 18.2 Å². The fraction of sp³-hybridized carbons (Fsp3) is 0.188. The van der Waals surface area contributed by atoms with Crippen molar-refractivity contribution < 1.29 is 47.2 Å². The van der Waals surface area contributed by atoms with Gasteiger partial charge in [0.25, 0.3) is 0 Å². The predicted octanol–water partition coefficient (Wildman–Crippen LogP) is 2.87. The van der Waals surface area contributed by atoms with Crippen molar-refractivity contribution in [3.8, 4) is 22.3 Å². The third-order valence-corrected chi connectivity index (χ3v) is 16.7. The number of benzene rings is 4. The van der Waals surface area contributed by atoms with Gasteiger partial charge in [-0.05, 0) is 0 Å². The normalized spacial score (nSPS) is 14.6. The zero-order valence-corrected chi connectivity index (χ0v) is 28.2. The van der Waals surface area contributed by atoms with E-state index in [-0.39, 0.29) is 24.8 Å². The molecule has 0 radical (unpaired) electrons. The number of hydrogen-bond acceptors (Lipinski definition) is 0. The van der Waals surface area contributed by atoms with Gasteiger partial charge in [-0.3, -0.25) is 0 Å². The molecule has 0 nitrogen and oxygen atoms in total. The van der Waals surface area contributed by atoms with Crippen LogP contribution in [0.1, 0.15) is 47.1 Å². The van der Waals surface area contributed by atoms with E-state index in [2.05, 4.69) is 80.7 Å². The molecule has 2 aliphatic rings. The minimum atomic E-state index is -0.643. The Morgan fingerprint density at radius 3 is 2.21 bits per heavy atom. The van der Waals surface area contributed by atoms with Crippen LogP contribution >= 0.6 is 23.2 Å². The molecule has 0 saturated carbocycles. The van der Waals surface area contributed by atoms with Crippen LogP contribution in [0.25, 0.3) is 28.3 Å². The van der Waals surface area contributed by atoms with E-state index in [9.17, 15) is 0 Å². The van der Waals surface area contributed by atoms with Crippen LogP contribution in [0, 0.1) is 0 Å². The first-order valence-corrected chi connectivity index (χ1v) is 21.9. The monoisotopic (exact) mass is 670 g/mol. The molecular weight excluding hydrogens is 645 g/mol. The summed E-state index contributed by atoms with van der Waals surface area (Å²) in [5.41, 5.74) is 13.8. The van der Waals surface area contributed by atoms with Crippen LogP contribution in [0.5, 0.6) is 0 Å². The van der Waals surface area contributed by atoms with E-state index in [4.69, 9.17) is 23.2 Å². The average Bonchev–Trinajstić information content (AvgIpc) is 3.42. The van der Waals surface area contributed by atoms with Crippen LogP contribution in [0.3, 0.4) is 0 Å². The van der Waals surface area contributed by atoms with Gasteiger partial charge in [0, 0.05) is 0 Å². The van der Waals surface area contributed by atoms with E-state index in [0.717, 1.165) is 24.0 Å². The first-order chi connectivity index (χ1) is 17.5. The van der Waals surface area contributed by atoms with Crippen molar-refractivity contribution in [2.45, 2.75) is 38.8 Å². The summed E-state index contributed by atoms with van der Waals surface area (Å²) < 4.78 is 1.71. The van der Waals surface area contributed by atoms with E-state index in [1.54, 1.807) is 14.4 Å². The molecule has 6 heteroatoms. The van der Waals surface area contributed by atoms with Crippen LogP contribution in [0.2, 0.25) is 23.1 Å². The summed E-state index contributed by atoms with van der Waals surface area (Å²) in [6, 6.07) is 26.5. The molecule has 1 unspecified atom stereocenters. The molecular formula is C32H28Cl4SiZr. The third kappa shape index (κ3) is 5.07. The fourth-order valence-corrected chi connectivity index (χ4v) is 14.9. The van der Waals surface area contributed by atoms with Gasteiger partial charge in [-0.15, -0.1) is 0 Å². The molecule has 0 N–H and O–H groups in total. The molecule has 0 fully saturated rings. The number of hydrogen-bond donors (Lipinski definition) is 0. The second-order valence-corrected chi connectivity index (χ2v) is 25.5. The maximum atomic E-state index is 6.71. The second-order valence-electron chi connectivity index (χ2n) is 10.1. The Kier molecular flexibility index (Phi) is 9.56. The van der Waals surface area contributed by atoms with Crippen LogP contribution in [0.15, 0.2) is 78.4 Å². The molecule has 0 heterocycles. The van der Waals surface area contributed by atoms with Crippen molar-refractivity contribution in [1.82, 2.24) is 0 Å². The number of rotatable bonds is 5. The largest absolute Gasteiger partial charge is 1.00 e. The van der Waals surface area contributed by atoms with Gasteiger partial charge >= 0.3 is 238 Å². The van der Waals surface area contributed by atoms with Gasteiger partial charge in [0.15, 0.2) is 0 Å². The van der Waals surface area contributed by atoms with E-state index in [1.165, 1.54) is 33.4 Å². The standard InChI is InChI=1S/C30H21Cl2.C2H7Si.2ClH.Zr/c1-2-18-16-26-23(12-6-13-24(26)30-27(31)14-7-15-28(30)32)29(18)22-11-5-10-21-20-9-4-3-8-19(20)17-25(21)22;1-3-2;;;/h3-10,12-16,29H,2,17H2,1H3;3H,1-2H3;2*1H;/q;;;;+2/p-2. The SMILES string of the molecule is CCC1=Cc2c(-c3c(Cl)cccc3Cl)cccc2C1c1[c]([Zr+2][SiH](C)C)ccc2c1Cc1ccccc1-2.[Cl-].[Cl-]. The zero-order valence-electron chi connectivity index (χ0n) is 21.6. The average molecular weight is 674 g/mol. The molecule has 0 amide bonds. The van der Waals surface area contributed by atoms with Crippen LogP contribution < -0.4 is 28.1 Å². The van der Waals surface area contributed by atoms with Crippen molar-refractivity contribution in [2.75, 3.05) is 0 Å². The van der Waals surface area contributed by atoms with Crippen LogP contribution in [0.4, 0.5) is 0 Å². The topological polar surface area (TPSA) is 0 Å². The first kappa shape index (κ1) is 29.9.